The van der Waals surface area contributed by atoms with E-state index in [9.17, 15) is 8.42 Å². The maximum atomic E-state index is 12.1. The summed E-state index contributed by atoms with van der Waals surface area (Å²) in [6.45, 7) is 3.62. The second kappa shape index (κ2) is 7.44. The molecular weight excluding hydrogens is 356 g/mol. The van der Waals surface area contributed by atoms with Crippen LogP contribution in [0.15, 0.2) is 21.5 Å². The van der Waals surface area contributed by atoms with Gasteiger partial charge in [0, 0.05) is 17.6 Å². The van der Waals surface area contributed by atoms with E-state index in [0.29, 0.717) is 23.3 Å². The lowest BCUT2D eigenvalue weighted by atomic mass is 10.3. The van der Waals surface area contributed by atoms with Gasteiger partial charge < -0.3 is 10.1 Å². The highest BCUT2D eigenvalue weighted by Crippen LogP contribution is 2.33. The molecular formula is C11H16BrClN2O3S. The lowest BCUT2D eigenvalue weighted by molar-refractivity contribution is 0.414. The lowest BCUT2D eigenvalue weighted by Gasteiger charge is -2.11. The van der Waals surface area contributed by atoms with Gasteiger partial charge in [-0.05, 0) is 34.6 Å². The smallest absolute Gasteiger partial charge is 0.241 e. The highest BCUT2D eigenvalue weighted by molar-refractivity contribution is 9.10. The third kappa shape index (κ3) is 4.61. The Morgan fingerprint density at radius 3 is 2.63 bits per heavy atom. The Balaban J connectivity index is 2.92. The molecule has 0 amide bonds. The van der Waals surface area contributed by atoms with Crippen LogP contribution in [0, 0.1) is 0 Å². The fourth-order valence-corrected chi connectivity index (χ4v) is 3.78. The van der Waals surface area contributed by atoms with E-state index < -0.39 is 10.0 Å². The minimum Gasteiger partial charge on any atom is -0.495 e. The summed E-state index contributed by atoms with van der Waals surface area (Å²) in [5.41, 5.74) is 0. The summed E-state index contributed by atoms with van der Waals surface area (Å²) in [5.74, 6) is 0.417. The van der Waals surface area contributed by atoms with Gasteiger partial charge in [-0.2, -0.15) is 0 Å². The second-order valence-corrected chi connectivity index (χ2v) is 6.67. The summed E-state index contributed by atoms with van der Waals surface area (Å²) in [5, 5.41) is 3.28. The topological polar surface area (TPSA) is 67.4 Å². The number of sulfonamides is 1. The van der Waals surface area contributed by atoms with E-state index >= 15 is 0 Å². The zero-order valence-corrected chi connectivity index (χ0v) is 13.8. The molecule has 0 atom stereocenters. The number of hydrogen-bond donors (Lipinski definition) is 2. The van der Waals surface area contributed by atoms with E-state index in [1.807, 2.05) is 6.92 Å². The predicted molar refractivity (Wildman–Crippen MR) is 79.4 cm³/mol. The van der Waals surface area contributed by atoms with E-state index in [4.69, 9.17) is 16.3 Å². The molecule has 0 fully saturated rings. The normalized spacial score (nSPS) is 11.6. The number of benzene rings is 1. The number of methoxy groups -OCH3 is 1. The van der Waals surface area contributed by atoms with Crippen LogP contribution in [0.1, 0.15) is 6.92 Å². The third-order valence-corrected chi connectivity index (χ3v) is 5.05. The molecule has 0 aliphatic heterocycles. The molecule has 1 rings (SSSR count). The molecule has 0 aromatic heterocycles. The van der Waals surface area contributed by atoms with E-state index in [0.717, 1.165) is 6.54 Å². The Morgan fingerprint density at radius 1 is 1.37 bits per heavy atom. The molecule has 0 unspecified atom stereocenters. The van der Waals surface area contributed by atoms with Crippen molar-refractivity contribution in [2.45, 2.75) is 11.8 Å². The average molecular weight is 372 g/mol. The largest absolute Gasteiger partial charge is 0.495 e. The molecule has 1 aromatic rings. The molecule has 0 heterocycles. The molecule has 1 aromatic carbocycles. The Bertz CT molecular complexity index is 537. The van der Waals surface area contributed by atoms with Crippen molar-refractivity contribution in [2.24, 2.45) is 0 Å². The average Bonchev–Trinajstić information content (AvgIpc) is 2.36. The Morgan fingerprint density at radius 2 is 2.05 bits per heavy atom. The van der Waals surface area contributed by atoms with E-state index in [-0.39, 0.29) is 9.92 Å². The van der Waals surface area contributed by atoms with Crippen LogP contribution in [0.3, 0.4) is 0 Å². The quantitative estimate of drug-likeness (QED) is 0.719. The molecule has 0 saturated heterocycles. The van der Waals surface area contributed by atoms with Gasteiger partial charge in [0.25, 0.3) is 0 Å². The predicted octanol–water partition coefficient (Wildman–Crippen LogP) is 2.00. The van der Waals surface area contributed by atoms with Gasteiger partial charge in [0.15, 0.2) is 0 Å². The van der Waals surface area contributed by atoms with Crippen molar-refractivity contribution in [3.8, 4) is 5.75 Å². The number of rotatable bonds is 7. The van der Waals surface area contributed by atoms with Gasteiger partial charge in [-0.25, -0.2) is 13.1 Å². The first-order valence-electron chi connectivity index (χ1n) is 5.65. The molecule has 0 aliphatic rings. The van der Waals surface area contributed by atoms with E-state index in [1.54, 1.807) is 0 Å². The molecule has 19 heavy (non-hydrogen) atoms. The lowest BCUT2D eigenvalue weighted by Crippen LogP contribution is -2.32. The Hall–Kier alpha value is -0.340. The number of likely N-dealkylation sites (N-methyl/N-ethyl adjacent to an activating group) is 1. The molecule has 108 valence electrons. The van der Waals surface area contributed by atoms with Crippen LogP contribution < -0.4 is 14.8 Å². The van der Waals surface area contributed by atoms with Crippen LogP contribution in [0.4, 0.5) is 0 Å². The minimum absolute atomic E-state index is 0.0924. The zero-order chi connectivity index (χ0) is 14.5. The number of halogens is 2. The molecule has 0 saturated carbocycles. The van der Waals surface area contributed by atoms with Crippen molar-refractivity contribution in [3.05, 3.63) is 21.6 Å². The molecule has 0 aliphatic carbocycles. The van der Waals surface area contributed by atoms with E-state index in [1.165, 1.54) is 19.2 Å². The van der Waals surface area contributed by atoms with Gasteiger partial charge >= 0.3 is 0 Å². The summed E-state index contributed by atoms with van der Waals surface area (Å²) >= 11 is 9.15. The summed E-state index contributed by atoms with van der Waals surface area (Å²) in [6.07, 6.45) is 0. The zero-order valence-electron chi connectivity index (χ0n) is 10.7. The standard InChI is InChI=1S/C11H16BrClN2O3S/c1-3-14-4-5-15-19(16,17)11-7-9(13)10(18-2)6-8(11)12/h6-7,14-15H,3-5H2,1-2H3. The monoisotopic (exact) mass is 370 g/mol. The highest BCUT2D eigenvalue weighted by Gasteiger charge is 2.19. The Labute approximate surface area is 126 Å². The van der Waals surface area contributed by atoms with Crippen molar-refractivity contribution < 1.29 is 13.2 Å². The fourth-order valence-electron chi connectivity index (χ4n) is 1.40. The maximum absolute atomic E-state index is 12.1. The summed E-state index contributed by atoms with van der Waals surface area (Å²) in [4.78, 5) is 0.0924. The van der Waals surface area contributed by atoms with Crippen LogP contribution in [0.2, 0.25) is 5.02 Å². The van der Waals surface area contributed by atoms with Gasteiger partial charge in [0.2, 0.25) is 10.0 Å². The SMILES string of the molecule is CCNCCNS(=O)(=O)c1cc(Cl)c(OC)cc1Br. The fraction of sp³-hybridized carbons (Fsp3) is 0.455. The maximum Gasteiger partial charge on any atom is 0.241 e. The Kier molecular flexibility index (Phi) is 6.55. The summed E-state index contributed by atoms with van der Waals surface area (Å²) < 4.78 is 32.1. The first-order chi connectivity index (χ1) is 8.92. The minimum atomic E-state index is -3.60. The van der Waals surface area contributed by atoms with Gasteiger partial charge in [0.05, 0.1) is 17.0 Å². The van der Waals surface area contributed by atoms with Crippen molar-refractivity contribution >= 4 is 37.6 Å². The van der Waals surface area contributed by atoms with Crippen LogP contribution in [0.5, 0.6) is 5.75 Å². The molecule has 0 spiro atoms. The number of nitrogens with one attached hydrogen (secondary N) is 2. The molecule has 0 radical (unpaired) electrons. The first kappa shape index (κ1) is 16.7. The van der Waals surface area contributed by atoms with Crippen LogP contribution in [0.25, 0.3) is 0 Å². The highest BCUT2D eigenvalue weighted by atomic mass is 79.9. The molecule has 0 bridgehead atoms. The van der Waals surface area contributed by atoms with Gasteiger partial charge in [0.1, 0.15) is 5.75 Å². The van der Waals surface area contributed by atoms with Crippen LogP contribution >= 0.6 is 27.5 Å². The van der Waals surface area contributed by atoms with Gasteiger partial charge in [-0.1, -0.05) is 18.5 Å². The summed E-state index contributed by atoms with van der Waals surface area (Å²) in [7, 11) is -2.13. The summed E-state index contributed by atoms with van der Waals surface area (Å²) in [6, 6.07) is 2.89. The van der Waals surface area contributed by atoms with Crippen LogP contribution in [-0.2, 0) is 10.0 Å². The van der Waals surface area contributed by atoms with Crippen LogP contribution in [-0.4, -0.2) is 35.2 Å². The second-order valence-electron chi connectivity index (χ2n) is 3.67. The van der Waals surface area contributed by atoms with Crippen molar-refractivity contribution in [3.63, 3.8) is 0 Å². The first-order valence-corrected chi connectivity index (χ1v) is 8.31. The van der Waals surface area contributed by atoms with Crippen molar-refractivity contribution in [2.75, 3.05) is 26.7 Å². The van der Waals surface area contributed by atoms with Crippen molar-refractivity contribution in [1.82, 2.24) is 10.0 Å². The third-order valence-electron chi connectivity index (χ3n) is 2.34. The molecule has 2 N–H and O–H groups in total. The number of ether oxygens (including phenoxy) is 1. The van der Waals surface area contributed by atoms with Crippen molar-refractivity contribution in [1.29, 1.82) is 0 Å². The van der Waals surface area contributed by atoms with Gasteiger partial charge in [-0.3, -0.25) is 0 Å². The number of hydrogen-bond acceptors (Lipinski definition) is 4. The van der Waals surface area contributed by atoms with E-state index in [2.05, 4.69) is 26.0 Å². The van der Waals surface area contributed by atoms with Gasteiger partial charge in [-0.15, -0.1) is 0 Å². The molecule has 5 nitrogen and oxygen atoms in total. The molecule has 8 heteroatoms.